The van der Waals surface area contributed by atoms with Crippen LogP contribution < -0.4 is 4.90 Å². The summed E-state index contributed by atoms with van der Waals surface area (Å²) < 4.78 is 2.06. The van der Waals surface area contributed by atoms with Crippen molar-refractivity contribution in [3.63, 3.8) is 0 Å². The molecule has 0 fully saturated rings. The van der Waals surface area contributed by atoms with E-state index in [1.165, 1.54) is 0 Å². The van der Waals surface area contributed by atoms with Gasteiger partial charge in [-0.15, -0.1) is 0 Å². The van der Waals surface area contributed by atoms with Crippen LogP contribution in [-0.2, 0) is 0 Å². The molecule has 0 unspecified atom stereocenters. The molecule has 0 atom stereocenters. The van der Waals surface area contributed by atoms with E-state index in [9.17, 15) is 4.79 Å². The van der Waals surface area contributed by atoms with E-state index in [2.05, 4.69) is 25.8 Å². The highest BCUT2D eigenvalue weighted by Gasteiger charge is 2.21. The second-order valence-corrected chi connectivity index (χ2v) is 8.01. The van der Waals surface area contributed by atoms with Crippen LogP contribution in [0, 0.1) is 0 Å². The largest absolute Gasteiger partial charge is 0.309 e. The number of benzene rings is 2. The quantitative estimate of drug-likeness (QED) is 0.585. The number of hydrogen-bond donors (Lipinski definition) is 0. The number of hydrogen-bond acceptors (Lipinski definition) is 4. The molecule has 2 aromatic carbocycles. The van der Waals surface area contributed by atoms with Crippen LogP contribution >= 0.6 is 27.3 Å². The molecule has 1 aromatic heterocycles. The van der Waals surface area contributed by atoms with Crippen LogP contribution in [0.5, 0.6) is 0 Å². The number of aromatic nitrogens is 1. The molecule has 130 valence electrons. The van der Waals surface area contributed by atoms with Gasteiger partial charge in [0.15, 0.2) is 5.13 Å². The maximum atomic E-state index is 13.1. The summed E-state index contributed by atoms with van der Waals surface area (Å²) in [5.74, 6) is -0.00897. The molecule has 25 heavy (non-hydrogen) atoms. The Morgan fingerprint density at radius 3 is 2.48 bits per heavy atom. The fourth-order valence-corrected chi connectivity index (χ4v) is 3.81. The predicted molar refractivity (Wildman–Crippen MR) is 109 cm³/mol. The van der Waals surface area contributed by atoms with Crippen molar-refractivity contribution in [2.75, 3.05) is 32.1 Å². The number of carbonyl (C=O) groups is 1. The summed E-state index contributed by atoms with van der Waals surface area (Å²) in [5.41, 5.74) is 1.61. The third-order valence-corrected chi connectivity index (χ3v) is 5.42. The van der Waals surface area contributed by atoms with E-state index in [0.717, 1.165) is 32.8 Å². The lowest BCUT2D eigenvalue weighted by Gasteiger charge is -2.21. The Labute approximate surface area is 160 Å². The van der Waals surface area contributed by atoms with Gasteiger partial charge in [0.05, 0.1) is 10.2 Å². The van der Waals surface area contributed by atoms with Gasteiger partial charge in [0.25, 0.3) is 5.91 Å². The zero-order chi connectivity index (χ0) is 17.8. The molecule has 0 aliphatic carbocycles. The van der Waals surface area contributed by atoms with Crippen LogP contribution in [0.4, 0.5) is 5.13 Å². The van der Waals surface area contributed by atoms with Gasteiger partial charge in [0, 0.05) is 16.6 Å². The number of fused-ring (bicyclic) bond motifs is 1. The minimum absolute atomic E-state index is 0.00897. The monoisotopic (exact) mass is 417 g/mol. The van der Waals surface area contributed by atoms with Gasteiger partial charge in [-0.1, -0.05) is 39.4 Å². The summed E-state index contributed by atoms with van der Waals surface area (Å²) in [6.07, 6.45) is 0.894. The molecule has 0 aliphatic rings. The number of para-hydroxylation sites is 1. The van der Waals surface area contributed by atoms with Crippen LogP contribution in [0.1, 0.15) is 16.8 Å². The third kappa shape index (κ3) is 4.45. The molecule has 0 N–H and O–H groups in total. The van der Waals surface area contributed by atoms with Crippen molar-refractivity contribution in [1.29, 1.82) is 0 Å². The Kier molecular flexibility index (Phi) is 5.83. The first-order valence-electron chi connectivity index (χ1n) is 8.12. The van der Waals surface area contributed by atoms with Crippen LogP contribution in [0.25, 0.3) is 10.2 Å². The first-order valence-corrected chi connectivity index (χ1v) is 9.73. The number of thiazole rings is 1. The summed E-state index contributed by atoms with van der Waals surface area (Å²) in [5, 5.41) is 0.757. The van der Waals surface area contributed by atoms with Gasteiger partial charge in [-0.05, 0) is 63.5 Å². The van der Waals surface area contributed by atoms with Crippen molar-refractivity contribution in [3.8, 4) is 0 Å². The van der Waals surface area contributed by atoms with Crippen molar-refractivity contribution < 1.29 is 4.79 Å². The number of amides is 1. The fraction of sp³-hybridized carbons (Fsp3) is 0.263. The Bertz CT molecular complexity index is 827. The second kappa shape index (κ2) is 8.08. The Balaban J connectivity index is 1.90. The predicted octanol–water partition coefficient (Wildman–Crippen LogP) is 4.66. The summed E-state index contributed by atoms with van der Waals surface area (Å²) in [7, 11) is 4.08. The van der Waals surface area contributed by atoms with Crippen molar-refractivity contribution >= 4 is 48.5 Å². The minimum atomic E-state index is -0.00897. The maximum Gasteiger partial charge on any atom is 0.260 e. The first kappa shape index (κ1) is 18.0. The van der Waals surface area contributed by atoms with Gasteiger partial charge in [-0.25, -0.2) is 4.98 Å². The molecule has 1 amide bonds. The molecule has 6 heteroatoms. The van der Waals surface area contributed by atoms with Crippen molar-refractivity contribution in [3.05, 3.63) is 58.6 Å². The van der Waals surface area contributed by atoms with Crippen molar-refractivity contribution in [2.24, 2.45) is 0 Å². The molecular formula is C19H20BrN3OS. The highest BCUT2D eigenvalue weighted by atomic mass is 79.9. The minimum Gasteiger partial charge on any atom is -0.309 e. The highest BCUT2D eigenvalue weighted by Crippen LogP contribution is 2.29. The molecule has 3 aromatic rings. The van der Waals surface area contributed by atoms with E-state index in [1.807, 2.05) is 62.6 Å². The molecule has 0 radical (unpaired) electrons. The summed E-state index contributed by atoms with van der Waals surface area (Å²) in [4.78, 5) is 21.7. The molecule has 1 heterocycles. The highest BCUT2D eigenvalue weighted by molar-refractivity contribution is 9.10. The zero-order valence-corrected chi connectivity index (χ0v) is 16.7. The number of carbonyl (C=O) groups excluding carboxylic acids is 1. The SMILES string of the molecule is CN(C)CCCN(C(=O)c1ccc(Br)cc1)c1nc2ccccc2s1. The summed E-state index contributed by atoms with van der Waals surface area (Å²) in [6.45, 7) is 1.57. The lowest BCUT2D eigenvalue weighted by molar-refractivity contribution is 0.0986. The smallest absolute Gasteiger partial charge is 0.260 e. The van der Waals surface area contributed by atoms with E-state index >= 15 is 0 Å². The van der Waals surface area contributed by atoms with Crippen molar-refractivity contribution in [1.82, 2.24) is 9.88 Å². The molecular weight excluding hydrogens is 398 g/mol. The second-order valence-electron chi connectivity index (χ2n) is 6.08. The van der Waals surface area contributed by atoms with Crippen LogP contribution in [0.2, 0.25) is 0 Å². The van der Waals surface area contributed by atoms with E-state index in [0.29, 0.717) is 12.1 Å². The standard InChI is InChI=1S/C19H20BrN3OS/c1-22(2)12-5-13-23(18(24)14-8-10-15(20)11-9-14)19-21-16-6-3-4-7-17(16)25-19/h3-4,6-11H,5,12-13H2,1-2H3. The molecule has 4 nitrogen and oxygen atoms in total. The molecule has 0 saturated heterocycles. The number of nitrogens with zero attached hydrogens (tertiary/aromatic N) is 3. The topological polar surface area (TPSA) is 36.4 Å². The maximum absolute atomic E-state index is 13.1. The molecule has 0 aliphatic heterocycles. The Morgan fingerprint density at radius 1 is 1.08 bits per heavy atom. The molecule has 0 bridgehead atoms. The Hall–Kier alpha value is -1.76. The van der Waals surface area contributed by atoms with Gasteiger partial charge in [0.1, 0.15) is 0 Å². The van der Waals surface area contributed by atoms with Crippen LogP contribution in [0.15, 0.2) is 53.0 Å². The van der Waals surface area contributed by atoms with Crippen LogP contribution in [-0.4, -0.2) is 43.0 Å². The lowest BCUT2D eigenvalue weighted by atomic mass is 10.2. The van der Waals surface area contributed by atoms with Crippen molar-refractivity contribution in [2.45, 2.75) is 6.42 Å². The molecule has 0 spiro atoms. The summed E-state index contributed by atoms with van der Waals surface area (Å²) in [6, 6.07) is 15.5. The van der Waals surface area contributed by atoms with E-state index in [-0.39, 0.29) is 5.91 Å². The average Bonchev–Trinajstić information content (AvgIpc) is 3.02. The number of halogens is 1. The first-order chi connectivity index (χ1) is 12.0. The lowest BCUT2D eigenvalue weighted by Crippen LogP contribution is -2.33. The molecule has 3 rings (SSSR count). The van der Waals surface area contributed by atoms with E-state index in [1.54, 1.807) is 16.2 Å². The fourth-order valence-electron chi connectivity index (χ4n) is 2.55. The normalized spacial score (nSPS) is 11.2. The molecule has 0 saturated carbocycles. The number of rotatable bonds is 6. The Morgan fingerprint density at radius 2 is 1.80 bits per heavy atom. The van der Waals surface area contributed by atoms with E-state index in [4.69, 9.17) is 0 Å². The third-order valence-electron chi connectivity index (χ3n) is 3.84. The summed E-state index contributed by atoms with van der Waals surface area (Å²) >= 11 is 4.98. The van der Waals surface area contributed by atoms with Gasteiger partial charge in [0.2, 0.25) is 0 Å². The van der Waals surface area contributed by atoms with Gasteiger partial charge in [-0.3, -0.25) is 9.69 Å². The van der Waals surface area contributed by atoms with Gasteiger partial charge < -0.3 is 4.90 Å². The van der Waals surface area contributed by atoms with E-state index < -0.39 is 0 Å². The zero-order valence-electron chi connectivity index (χ0n) is 14.3. The average molecular weight is 418 g/mol. The van der Waals surface area contributed by atoms with Gasteiger partial charge >= 0.3 is 0 Å². The number of anilines is 1. The van der Waals surface area contributed by atoms with Crippen LogP contribution in [0.3, 0.4) is 0 Å². The van der Waals surface area contributed by atoms with Gasteiger partial charge in [-0.2, -0.15) is 0 Å².